The largest absolute Gasteiger partial charge is 0.508 e. The van der Waals surface area contributed by atoms with E-state index in [2.05, 4.69) is 26.1 Å². The summed E-state index contributed by atoms with van der Waals surface area (Å²) in [5.41, 5.74) is 1.14. The fraction of sp³-hybridized carbons (Fsp3) is 0.571. The van der Waals surface area contributed by atoms with E-state index in [0.29, 0.717) is 11.8 Å². The number of rotatable bonds is 6. The van der Waals surface area contributed by atoms with Gasteiger partial charge in [-0.1, -0.05) is 38.8 Å². The van der Waals surface area contributed by atoms with Gasteiger partial charge in [0, 0.05) is 6.04 Å². The first-order valence-electron chi connectivity index (χ1n) is 6.19. The van der Waals surface area contributed by atoms with Crippen molar-refractivity contribution in [2.24, 2.45) is 5.92 Å². The fourth-order valence-corrected chi connectivity index (χ4v) is 1.83. The summed E-state index contributed by atoms with van der Waals surface area (Å²) in [6.45, 7) is 7.64. The third-order valence-electron chi connectivity index (χ3n) is 3.24. The average Bonchev–Trinajstić information content (AvgIpc) is 2.30. The average molecular weight is 221 g/mol. The highest BCUT2D eigenvalue weighted by Gasteiger charge is 2.08. The molecule has 1 rings (SSSR count). The molecule has 0 saturated carbocycles. The van der Waals surface area contributed by atoms with E-state index in [0.717, 1.165) is 18.0 Å². The molecule has 2 nitrogen and oxygen atoms in total. The zero-order valence-electron chi connectivity index (χ0n) is 10.5. The minimum atomic E-state index is 0.299. The normalized spacial score (nSPS) is 13.0. The predicted octanol–water partition coefficient (Wildman–Crippen LogP) is 3.48. The summed E-state index contributed by atoms with van der Waals surface area (Å²) < 4.78 is 0. The molecule has 0 aliphatic rings. The van der Waals surface area contributed by atoms with E-state index in [4.69, 9.17) is 0 Å². The fourth-order valence-electron chi connectivity index (χ4n) is 1.83. The third kappa shape index (κ3) is 3.86. The maximum Gasteiger partial charge on any atom is 0.115 e. The van der Waals surface area contributed by atoms with Crippen molar-refractivity contribution < 1.29 is 5.11 Å². The van der Waals surface area contributed by atoms with Crippen molar-refractivity contribution in [2.75, 3.05) is 6.54 Å². The van der Waals surface area contributed by atoms with Crippen molar-refractivity contribution >= 4 is 0 Å². The van der Waals surface area contributed by atoms with Gasteiger partial charge in [-0.2, -0.15) is 0 Å². The lowest BCUT2D eigenvalue weighted by atomic mass is 10.0. The molecule has 0 aliphatic heterocycles. The lowest BCUT2D eigenvalue weighted by Crippen LogP contribution is -2.25. The Kier molecular flexibility index (Phi) is 5.33. The highest BCUT2D eigenvalue weighted by atomic mass is 16.3. The summed E-state index contributed by atoms with van der Waals surface area (Å²) in [7, 11) is 0. The molecule has 0 bridgehead atoms. The van der Waals surface area contributed by atoms with Crippen LogP contribution in [0.1, 0.15) is 45.2 Å². The number of hydrogen-bond donors (Lipinski definition) is 2. The van der Waals surface area contributed by atoms with E-state index >= 15 is 0 Å². The number of aromatic hydroxyl groups is 1. The lowest BCUT2D eigenvalue weighted by molar-refractivity contribution is 0.421. The molecular weight excluding hydrogens is 198 g/mol. The van der Waals surface area contributed by atoms with E-state index in [1.807, 2.05) is 18.2 Å². The Morgan fingerprint density at radius 3 is 2.50 bits per heavy atom. The predicted molar refractivity (Wildman–Crippen MR) is 68.6 cm³/mol. The summed E-state index contributed by atoms with van der Waals surface area (Å²) in [4.78, 5) is 0. The van der Waals surface area contributed by atoms with Crippen LogP contribution in [0.2, 0.25) is 0 Å². The van der Waals surface area contributed by atoms with Crippen LogP contribution >= 0.6 is 0 Å². The zero-order chi connectivity index (χ0) is 12.0. The molecule has 0 spiro atoms. The highest BCUT2D eigenvalue weighted by Crippen LogP contribution is 2.18. The van der Waals surface area contributed by atoms with Crippen molar-refractivity contribution in [3.05, 3.63) is 29.8 Å². The van der Waals surface area contributed by atoms with Crippen molar-refractivity contribution in [3.63, 3.8) is 0 Å². The minimum Gasteiger partial charge on any atom is -0.508 e. The molecule has 90 valence electrons. The molecule has 2 heteroatoms. The number of phenolic OH excluding ortho intramolecular Hbond substituents is 1. The van der Waals surface area contributed by atoms with Gasteiger partial charge in [0.15, 0.2) is 0 Å². The summed E-state index contributed by atoms with van der Waals surface area (Å²) in [6.07, 6.45) is 2.44. The molecule has 0 aliphatic carbocycles. The molecule has 0 radical (unpaired) electrons. The van der Waals surface area contributed by atoms with E-state index in [1.165, 1.54) is 12.8 Å². The second-order valence-electron chi connectivity index (χ2n) is 4.41. The molecule has 0 fully saturated rings. The highest BCUT2D eigenvalue weighted by molar-refractivity contribution is 5.28. The van der Waals surface area contributed by atoms with Gasteiger partial charge in [-0.15, -0.1) is 0 Å². The Morgan fingerprint density at radius 2 is 1.94 bits per heavy atom. The summed E-state index contributed by atoms with van der Waals surface area (Å²) in [5.74, 6) is 1.09. The van der Waals surface area contributed by atoms with E-state index < -0.39 is 0 Å². The molecule has 0 aromatic heterocycles. The molecule has 0 saturated heterocycles. The topological polar surface area (TPSA) is 32.3 Å². The van der Waals surface area contributed by atoms with Gasteiger partial charge in [-0.3, -0.25) is 0 Å². The van der Waals surface area contributed by atoms with Crippen LogP contribution in [0.4, 0.5) is 0 Å². The van der Waals surface area contributed by atoms with Gasteiger partial charge in [0.1, 0.15) is 5.75 Å². The van der Waals surface area contributed by atoms with Crippen molar-refractivity contribution in [3.8, 4) is 5.75 Å². The van der Waals surface area contributed by atoms with Gasteiger partial charge >= 0.3 is 0 Å². The van der Waals surface area contributed by atoms with E-state index in [9.17, 15) is 5.11 Å². The first-order chi connectivity index (χ1) is 7.67. The zero-order valence-corrected chi connectivity index (χ0v) is 10.5. The molecule has 0 amide bonds. The molecule has 2 N–H and O–H groups in total. The number of phenols is 1. The van der Waals surface area contributed by atoms with Crippen molar-refractivity contribution in [1.82, 2.24) is 5.32 Å². The number of benzene rings is 1. The maximum absolute atomic E-state index is 9.40. The monoisotopic (exact) mass is 221 g/mol. The Morgan fingerprint density at radius 1 is 1.25 bits per heavy atom. The Bertz CT molecular complexity index is 307. The number of hydrogen-bond acceptors (Lipinski definition) is 2. The molecule has 1 aromatic carbocycles. The molecule has 16 heavy (non-hydrogen) atoms. The van der Waals surface area contributed by atoms with E-state index in [-0.39, 0.29) is 0 Å². The van der Waals surface area contributed by atoms with Crippen LogP contribution in [0.15, 0.2) is 24.3 Å². The van der Waals surface area contributed by atoms with Crippen LogP contribution in [0, 0.1) is 5.92 Å². The van der Waals surface area contributed by atoms with Gasteiger partial charge < -0.3 is 10.4 Å². The molecule has 1 unspecified atom stereocenters. The standard InChI is InChI=1S/C14H23NO/c1-4-12(5-2)10-15-11(3)13-7-6-8-14(16)9-13/h6-9,11-12,15-16H,4-5,10H2,1-3H3. The molecule has 1 atom stereocenters. The Balaban J connectivity index is 2.49. The molecular formula is C14H23NO. The second kappa shape index (κ2) is 6.54. The van der Waals surface area contributed by atoms with Crippen LogP contribution in [0.3, 0.4) is 0 Å². The molecule has 1 aromatic rings. The SMILES string of the molecule is CCC(CC)CNC(C)c1cccc(O)c1. The van der Waals surface area contributed by atoms with Crippen LogP contribution in [-0.4, -0.2) is 11.7 Å². The lowest BCUT2D eigenvalue weighted by Gasteiger charge is -2.19. The minimum absolute atomic E-state index is 0.299. The van der Waals surface area contributed by atoms with Crippen LogP contribution in [-0.2, 0) is 0 Å². The summed E-state index contributed by atoms with van der Waals surface area (Å²) >= 11 is 0. The quantitative estimate of drug-likeness (QED) is 0.771. The summed E-state index contributed by atoms with van der Waals surface area (Å²) in [5, 5.41) is 12.9. The summed E-state index contributed by atoms with van der Waals surface area (Å²) in [6, 6.07) is 7.76. The van der Waals surface area contributed by atoms with Gasteiger partial charge in [0.05, 0.1) is 0 Å². The first kappa shape index (κ1) is 13.0. The van der Waals surface area contributed by atoms with Gasteiger partial charge in [0.25, 0.3) is 0 Å². The van der Waals surface area contributed by atoms with Crippen LogP contribution < -0.4 is 5.32 Å². The number of nitrogens with one attached hydrogen (secondary N) is 1. The van der Waals surface area contributed by atoms with Crippen molar-refractivity contribution in [1.29, 1.82) is 0 Å². The molecule has 0 heterocycles. The van der Waals surface area contributed by atoms with Crippen LogP contribution in [0.25, 0.3) is 0 Å². The first-order valence-corrected chi connectivity index (χ1v) is 6.19. The third-order valence-corrected chi connectivity index (χ3v) is 3.24. The Hall–Kier alpha value is -1.02. The van der Waals surface area contributed by atoms with Crippen LogP contribution in [0.5, 0.6) is 5.75 Å². The van der Waals surface area contributed by atoms with Gasteiger partial charge in [0.2, 0.25) is 0 Å². The second-order valence-corrected chi connectivity index (χ2v) is 4.41. The van der Waals surface area contributed by atoms with Gasteiger partial charge in [-0.05, 0) is 37.1 Å². The van der Waals surface area contributed by atoms with E-state index in [1.54, 1.807) is 6.07 Å². The smallest absolute Gasteiger partial charge is 0.115 e. The van der Waals surface area contributed by atoms with Crippen molar-refractivity contribution in [2.45, 2.75) is 39.7 Å². The van der Waals surface area contributed by atoms with Gasteiger partial charge in [-0.25, -0.2) is 0 Å². The Labute approximate surface area is 98.7 Å². The maximum atomic E-state index is 9.40.